The van der Waals surface area contributed by atoms with Crippen LogP contribution in [0.5, 0.6) is 0 Å². The molecule has 0 aliphatic rings. The van der Waals surface area contributed by atoms with E-state index >= 15 is 0 Å². The summed E-state index contributed by atoms with van der Waals surface area (Å²) < 4.78 is 25.8. The Bertz CT molecular complexity index is 1500. The molecule has 0 bridgehead atoms. The Morgan fingerprint density at radius 1 is 0.868 bits per heavy atom. The number of amides is 1. The summed E-state index contributed by atoms with van der Waals surface area (Å²) in [6, 6.07) is 24.8. The first-order valence-corrected chi connectivity index (χ1v) is 14.8. The zero-order valence-electron chi connectivity index (χ0n) is 22.4. The van der Waals surface area contributed by atoms with E-state index < -0.39 is 9.84 Å². The number of aromatic nitrogens is 1. The molecule has 0 saturated heterocycles. The third-order valence-electron chi connectivity index (χ3n) is 6.93. The highest BCUT2D eigenvalue weighted by atomic mass is 32.2. The molecule has 0 aliphatic heterocycles. The van der Waals surface area contributed by atoms with Crippen molar-refractivity contribution in [3.8, 4) is 22.4 Å². The van der Waals surface area contributed by atoms with E-state index in [2.05, 4.69) is 52.9 Å². The lowest BCUT2D eigenvalue weighted by Gasteiger charge is -2.20. The fourth-order valence-corrected chi connectivity index (χ4v) is 5.38. The van der Waals surface area contributed by atoms with Gasteiger partial charge in [-0.3, -0.25) is 4.79 Å². The quantitative estimate of drug-likeness (QED) is 0.268. The number of likely N-dealkylation sites (N-methyl/N-ethyl adjacent to an activating group) is 1. The highest BCUT2D eigenvalue weighted by Crippen LogP contribution is 2.36. The molecule has 7 heteroatoms. The first-order chi connectivity index (χ1) is 18.2. The average molecular weight is 530 g/mol. The molecule has 1 aromatic heterocycles. The number of carbonyl (C=O) groups excluding carboxylic acids is 1. The molecule has 1 amide bonds. The number of benzene rings is 3. The minimum Gasteiger partial charge on any atom is -0.345 e. The van der Waals surface area contributed by atoms with Gasteiger partial charge in [-0.25, -0.2) is 8.42 Å². The average Bonchev–Trinajstić information content (AvgIpc) is 3.25. The monoisotopic (exact) mass is 529 g/mol. The summed E-state index contributed by atoms with van der Waals surface area (Å²) in [6.07, 6.45) is 3.11. The Morgan fingerprint density at radius 3 is 2.08 bits per heavy atom. The van der Waals surface area contributed by atoms with Crippen LogP contribution in [-0.2, 0) is 16.4 Å². The van der Waals surface area contributed by atoms with Crippen LogP contribution >= 0.6 is 0 Å². The van der Waals surface area contributed by atoms with Crippen LogP contribution in [0, 0.1) is 6.92 Å². The lowest BCUT2D eigenvalue weighted by atomic mass is 9.95. The molecule has 38 heavy (non-hydrogen) atoms. The molecule has 6 nitrogen and oxygen atoms in total. The Balaban J connectivity index is 1.75. The molecule has 0 fully saturated rings. The van der Waals surface area contributed by atoms with Gasteiger partial charge in [-0.1, -0.05) is 68.4 Å². The largest absolute Gasteiger partial charge is 0.345 e. The maximum atomic E-state index is 13.5. The molecule has 4 rings (SSSR count). The highest BCUT2D eigenvalue weighted by Gasteiger charge is 2.22. The van der Waals surface area contributed by atoms with E-state index in [0.29, 0.717) is 11.3 Å². The normalized spacial score (nSPS) is 11.6. The molecule has 0 atom stereocenters. The van der Waals surface area contributed by atoms with Crippen LogP contribution in [0.4, 0.5) is 5.69 Å². The van der Waals surface area contributed by atoms with Gasteiger partial charge in [0.05, 0.1) is 16.2 Å². The van der Waals surface area contributed by atoms with Gasteiger partial charge in [0.2, 0.25) is 0 Å². The molecule has 0 aliphatic carbocycles. The second-order valence-corrected chi connectivity index (χ2v) is 11.4. The summed E-state index contributed by atoms with van der Waals surface area (Å²) in [7, 11) is -3.30. The second-order valence-electron chi connectivity index (χ2n) is 9.40. The molecule has 0 saturated carbocycles. The molecular weight excluding hydrogens is 494 g/mol. The Morgan fingerprint density at radius 2 is 1.47 bits per heavy atom. The van der Waals surface area contributed by atoms with Crippen LogP contribution in [0.1, 0.15) is 29.8 Å². The SMILES string of the molecule is CCN(CC)CCn1cc(C(=O)Nc2ccc(S(C)(=O)=O)cc2)c(C)c1-c1ccccc1-c1ccccc1. The third kappa shape index (κ3) is 6.06. The van der Waals surface area contributed by atoms with E-state index in [9.17, 15) is 13.2 Å². The summed E-state index contributed by atoms with van der Waals surface area (Å²) in [5.74, 6) is -0.227. The first kappa shape index (κ1) is 27.4. The van der Waals surface area contributed by atoms with E-state index in [1.54, 1.807) is 12.1 Å². The van der Waals surface area contributed by atoms with Gasteiger partial charge in [-0.2, -0.15) is 0 Å². The maximum absolute atomic E-state index is 13.5. The molecule has 0 unspecified atom stereocenters. The van der Waals surface area contributed by atoms with Crippen molar-refractivity contribution < 1.29 is 13.2 Å². The third-order valence-corrected chi connectivity index (χ3v) is 8.06. The second kappa shape index (κ2) is 11.8. The number of nitrogens with zero attached hydrogens (tertiary/aromatic N) is 2. The minimum absolute atomic E-state index is 0.217. The minimum atomic E-state index is -3.30. The van der Waals surface area contributed by atoms with Gasteiger partial charge in [0, 0.05) is 36.8 Å². The maximum Gasteiger partial charge on any atom is 0.257 e. The van der Waals surface area contributed by atoms with Crippen LogP contribution in [0.3, 0.4) is 0 Å². The molecule has 198 valence electrons. The van der Waals surface area contributed by atoms with E-state index in [-0.39, 0.29) is 10.8 Å². The van der Waals surface area contributed by atoms with Crippen molar-refractivity contribution in [1.29, 1.82) is 0 Å². The van der Waals surface area contributed by atoms with Crippen LogP contribution in [-0.4, -0.2) is 49.7 Å². The van der Waals surface area contributed by atoms with Gasteiger partial charge in [0.15, 0.2) is 9.84 Å². The molecule has 0 radical (unpaired) electrons. The molecular formula is C31H35N3O3S. The van der Waals surface area contributed by atoms with Crippen molar-refractivity contribution in [2.75, 3.05) is 31.2 Å². The smallest absolute Gasteiger partial charge is 0.257 e. The topological polar surface area (TPSA) is 71.4 Å². The predicted molar refractivity (Wildman–Crippen MR) is 155 cm³/mol. The van der Waals surface area contributed by atoms with Crippen molar-refractivity contribution in [1.82, 2.24) is 9.47 Å². The van der Waals surface area contributed by atoms with Gasteiger partial charge in [-0.05, 0) is 61.0 Å². The Labute approximate surface area is 225 Å². The van der Waals surface area contributed by atoms with Crippen LogP contribution < -0.4 is 5.32 Å². The number of nitrogens with one attached hydrogen (secondary N) is 1. The first-order valence-electron chi connectivity index (χ1n) is 12.9. The summed E-state index contributed by atoms with van der Waals surface area (Å²) in [4.78, 5) is 16.0. The summed E-state index contributed by atoms with van der Waals surface area (Å²) in [6.45, 7) is 9.85. The number of carbonyl (C=O) groups is 1. The van der Waals surface area contributed by atoms with Crippen molar-refractivity contribution in [3.05, 3.63) is 96.2 Å². The summed E-state index contributed by atoms with van der Waals surface area (Å²) in [5.41, 5.74) is 6.37. The zero-order chi connectivity index (χ0) is 27.3. The number of sulfone groups is 1. The molecule has 0 spiro atoms. The molecule has 1 N–H and O–H groups in total. The summed E-state index contributed by atoms with van der Waals surface area (Å²) >= 11 is 0. The van der Waals surface area contributed by atoms with E-state index in [0.717, 1.165) is 54.1 Å². The zero-order valence-corrected chi connectivity index (χ0v) is 23.3. The Kier molecular flexibility index (Phi) is 8.49. The predicted octanol–water partition coefficient (Wildman–Crippen LogP) is 6.13. The van der Waals surface area contributed by atoms with Gasteiger partial charge in [0.25, 0.3) is 5.91 Å². The standard InChI is InChI=1S/C31H35N3O3S/c1-5-33(6-2)20-21-34-22-29(31(35)32-25-16-18-26(19-17-25)38(4,36)37)23(3)30(34)28-15-11-10-14-27(28)24-12-8-7-9-13-24/h7-19,22H,5-6,20-21H2,1-4H3,(H,32,35). The van der Waals surface area contributed by atoms with Crippen molar-refractivity contribution >= 4 is 21.4 Å². The fraction of sp³-hybridized carbons (Fsp3) is 0.258. The van der Waals surface area contributed by atoms with Crippen molar-refractivity contribution in [2.24, 2.45) is 0 Å². The highest BCUT2D eigenvalue weighted by molar-refractivity contribution is 7.90. The van der Waals surface area contributed by atoms with Crippen LogP contribution in [0.2, 0.25) is 0 Å². The van der Waals surface area contributed by atoms with Crippen LogP contribution in [0.25, 0.3) is 22.4 Å². The fourth-order valence-electron chi connectivity index (χ4n) is 4.75. The lowest BCUT2D eigenvalue weighted by Crippen LogP contribution is -2.27. The Hall–Kier alpha value is -3.68. The van der Waals surface area contributed by atoms with E-state index in [4.69, 9.17) is 0 Å². The van der Waals surface area contributed by atoms with Gasteiger partial charge in [-0.15, -0.1) is 0 Å². The lowest BCUT2D eigenvalue weighted by molar-refractivity contribution is 0.102. The number of hydrogen-bond acceptors (Lipinski definition) is 4. The van der Waals surface area contributed by atoms with E-state index in [1.165, 1.54) is 18.4 Å². The van der Waals surface area contributed by atoms with Gasteiger partial charge in [0.1, 0.15) is 0 Å². The van der Waals surface area contributed by atoms with Crippen molar-refractivity contribution in [2.45, 2.75) is 32.2 Å². The summed E-state index contributed by atoms with van der Waals surface area (Å²) in [5, 5.41) is 2.95. The molecule has 1 heterocycles. The van der Waals surface area contributed by atoms with E-state index in [1.807, 2.05) is 43.5 Å². The number of anilines is 1. The van der Waals surface area contributed by atoms with Crippen molar-refractivity contribution in [3.63, 3.8) is 0 Å². The van der Waals surface area contributed by atoms with Gasteiger partial charge >= 0.3 is 0 Å². The molecule has 3 aromatic carbocycles. The molecule has 4 aromatic rings. The van der Waals surface area contributed by atoms with Gasteiger partial charge < -0.3 is 14.8 Å². The number of rotatable bonds is 10. The van der Waals surface area contributed by atoms with Crippen LogP contribution in [0.15, 0.2) is 90.0 Å². The number of hydrogen-bond donors (Lipinski definition) is 1.